The number of carboxylic acids is 1. The first-order valence-electron chi connectivity index (χ1n) is 5.27. The van der Waals surface area contributed by atoms with E-state index in [2.05, 4.69) is 5.32 Å². The SMILES string of the molecule is CNC(=O)COc1c(C=O)cc(C(=O)O)cc1OC. The summed E-state index contributed by atoms with van der Waals surface area (Å²) in [5.74, 6) is -1.47. The third kappa shape index (κ3) is 3.44. The Kier molecular flexibility index (Phi) is 4.87. The minimum atomic E-state index is -1.20. The number of methoxy groups -OCH3 is 1. The molecule has 2 N–H and O–H groups in total. The van der Waals surface area contributed by atoms with Crippen LogP contribution in [0.25, 0.3) is 0 Å². The lowest BCUT2D eigenvalue weighted by molar-refractivity contribution is -0.122. The van der Waals surface area contributed by atoms with E-state index in [0.717, 1.165) is 6.07 Å². The van der Waals surface area contributed by atoms with Crippen molar-refractivity contribution in [2.45, 2.75) is 0 Å². The molecule has 0 saturated heterocycles. The molecule has 0 spiro atoms. The Bertz CT molecular complexity index is 511. The maximum Gasteiger partial charge on any atom is 0.335 e. The fraction of sp³-hybridized carbons (Fsp3) is 0.250. The van der Waals surface area contributed by atoms with Gasteiger partial charge in [0.1, 0.15) is 0 Å². The number of benzene rings is 1. The molecule has 0 unspecified atom stereocenters. The first kappa shape index (κ1) is 14.5. The lowest BCUT2D eigenvalue weighted by atomic mass is 10.1. The first-order valence-corrected chi connectivity index (χ1v) is 5.27. The Labute approximate surface area is 109 Å². The van der Waals surface area contributed by atoms with Crippen LogP contribution in [0.2, 0.25) is 0 Å². The van der Waals surface area contributed by atoms with Crippen molar-refractivity contribution in [1.29, 1.82) is 0 Å². The van der Waals surface area contributed by atoms with Crippen LogP contribution in [0, 0.1) is 0 Å². The molecule has 0 heterocycles. The number of aromatic carboxylic acids is 1. The van der Waals surface area contributed by atoms with Crippen LogP contribution in [0.3, 0.4) is 0 Å². The highest BCUT2D eigenvalue weighted by Crippen LogP contribution is 2.32. The number of nitrogens with one attached hydrogen (secondary N) is 1. The molecule has 0 fully saturated rings. The first-order chi connectivity index (χ1) is 9.03. The number of carbonyl (C=O) groups is 3. The van der Waals surface area contributed by atoms with Gasteiger partial charge >= 0.3 is 5.97 Å². The molecule has 0 atom stereocenters. The highest BCUT2D eigenvalue weighted by atomic mass is 16.5. The number of likely N-dealkylation sites (N-methyl/N-ethyl adjacent to an activating group) is 1. The largest absolute Gasteiger partial charge is 0.493 e. The molecule has 0 aliphatic carbocycles. The lowest BCUT2D eigenvalue weighted by Crippen LogP contribution is -2.25. The molecule has 0 aromatic heterocycles. The fourth-order valence-corrected chi connectivity index (χ4v) is 1.35. The van der Waals surface area contributed by atoms with Gasteiger partial charge in [-0.1, -0.05) is 0 Å². The summed E-state index contributed by atoms with van der Waals surface area (Å²) in [4.78, 5) is 32.9. The van der Waals surface area contributed by atoms with Crippen LogP contribution in [0.5, 0.6) is 11.5 Å². The van der Waals surface area contributed by atoms with Crippen molar-refractivity contribution in [3.8, 4) is 11.5 Å². The highest BCUT2D eigenvalue weighted by molar-refractivity contribution is 5.93. The Hall–Kier alpha value is -2.57. The van der Waals surface area contributed by atoms with Gasteiger partial charge in [0.15, 0.2) is 24.4 Å². The molecular weight excluding hydrogens is 254 g/mol. The van der Waals surface area contributed by atoms with Crippen LogP contribution >= 0.6 is 0 Å². The molecule has 19 heavy (non-hydrogen) atoms. The average Bonchev–Trinajstić information content (AvgIpc) is 2.43. The zero-order valence-electron chi connectivity index (χ0n) is 10.4. The van der Waals surface area contributed by atoms with Gasteiger partial charge in [0.2, 0.25) is 0 Å². The predicted molar refractivity (Wildman–Crippen MR) is 64.9 cm³/mol. The second-order valence-corrected chi connectivity index (χ2v) is 3.48. The number of aldehydes is 1. The summed E-state index contributed by atoms with van der Waals surface area (Å²) in [5.41, 5.74) is -0.105. The Balaban J connectivity index is 3.17. The minimum absolute atomic E-state index is 0.000605. The Morgan fingerprint density at radius 1 is 1.42 bits per heavy atom. The number of rotatable bonds is 6. The summed E-state index contributed by atoms with van der Waals surface area (Å²) in [5, 5.41) is 11.2. The van der Waals surface area contributed by atoms with Gasteiger partial charge in [-0.2, -0.15) is 0 Å². The van der Waals surface area contributed by atoms with Crippen molar-refractivity contribution in [2.24, 2.45) is 0 Å². The van der Waals surface area contributed by atoms with Crippen molar-refractivity contribution in [1.82, 2.24) is 5.32 Å². The molecule has 0 bridgehead atoms. The van der Waals surface area contributed by atoms with Crippen molar-refractivity contribution < 1.29 is 29.0 Å². The number of hydrogen-bond donors (Lipinski definition) is 2. The van der Waals surface area contributed by atoms with E-state index in [1.165, 1.54) is 20.2 Å². The standard InChI is InChI=1S/C12H13NO6/c1-13-10(15)6-19-11-8(5-14)3-7(12(16)17)4-9(11)18-2/h3-5H,6H2,1-2H3,(H,13,15)(H,16,17). The molecule has 0 aliphatic heterocycles. The monoisotopic (exact) mass is 267 g/mol. The summed E-state index contributed by atoms with van der Waals surface area (Å²) >= 11 is 0. The van der Waals surface area contributed by atoms with Crippen LogP contribution in [-0.4, -0.2) is 44.0 Å². The van der Waals surface area contributed by atoms with Crippen molar-refractivity contribution >= 4 is 18.2 Å². The molecule has 1 rings (SSSR count). The van der Waals surface area contributed by atoms with Gasteiger partial charge in [-0.05, 0) is 12.1 Å². The summed E-state index contributed by atoms with van der Waals surface area (Å²) in [7, 11) is 2.75. The van der Waals surface area contributed by atoms with E-state index >= 15 is 0 Å². The number of amides is 1. The lowest BCUT2D eigenvalue weighted by Gasteiger charge is -2.13. The zero-order chi connectivity index (χ0) is 14.4. The Morgan fingerprint density at radius 3 is 2.58 bits per heavy atom. The molecule has 7 heteroatoms. The third-order valence-electron chi connectivity index (χ3n) is 2.30. The molecule has 0 aliphatic rings. The summed E-state index contributed by atoms with van der Waals surface area (Å²) < 4.78 is 10.1. The van der Waals surface area contributed by atoms with Crippen LogP contribution in [-0.2, 0) is 4.79 Å². The maximum absolute atomic E-state index is 11.1. The number of hydrogen-bond acceptors (Lipinski definition) is 5. The molecule has 7 nitrogen and oxygen atoms in total. The van der Waals surface area contributed by atoms with E-state index in [0.29, 0.717) is 6.29 Å². The zero-order valence-corrected chi connectivity index (χ0v) is 10.4. The van der Waals surface area contributed by atoms with E-state index in [9.17, 15) is 14.4 Å². The molecule has 1 aromatic carbocycles. The van der Waals surface area contributed by atoms with E-state index in [1.54, 1.807) is 0 Å². The van der Waals surface area contributed by atoms with E-state index in [-0.39, 0.29) is 35.1 Å². The van der Waals surface area contributed by atoms with Crippen LogP contribution in [0.1, 0.15) is 20.7 Å². The minimum Gasteiger partial charge on any atom is -0.493 e. The van der Waals surface area contributed by atoms with Gasteiger partial charge < -0.3 is 19.9 Å². The smallest absolute Gasteiger partial charge is 0.335 e. The number of carboxylic acid groups (broad SMARTS) is 1. The normalized spacial score (nSPS) is 9.58. The average molecular weight is 267 g/mol. The van der Waals surface area contributed by atoms with E-state index < -0.39 is 5.97 Å². The molecule has 1 aromatic rings. The van der Waals surface area contributed by atoms with Crippen molar-refractivity contribution in [2.75, 3.05) is 20.8 Å². The van der Waals surface area contributed by atoms with Gasteiger partial charge in [-0.3, -0.25) is 9.59 Å². The van der Waals surface area contributed by atoms with Gasteiger partial charge in [0, 0.05) is 7.05 Å². The molecule has 1 amide bonds. The van der Waals surface area contributed by atoms with Crippen molar-refractivity contribution in [3.05, 3.63) is 23.3 Å². The van der Waals surface area contributed by atoms with Crippen molar-refractivity contribution in [3.63, 3.8) is 0 Å². The second-order valence-electron chi connectivity index (χ2n) is 3.48. The van der Waals surface area contributed by atoms with Gasteiger partial charge in [-0.25, -0.2) is 4.79 Å². The highest BCUT2D eigenvalue weighted by Gasteiger charge is 2.16. The van der Waals surface area contributed by atoms with Gasteiger partial charge in [-0.15, -0.1) is 0 Å². The quantitative estimate of drug-likeness (QED) is 0.720. The second kappa shape index (κ2) is 6.39. The van der Waals surface area contributed by atoms with Gasteiger partial charge in [0.25, 0.3) is 5.91 Å². The van der Waals surface area contributed by atoms with E-state index in [1.807, 2.05) is 0 Å². The molecule has 0 radical (unpaired) electrons. The molecule has 102 valence electrons. The van der Waals surface area contributed by atoms with Crippen LogP contribution in [0.15, 0.2) is 12.1 Å². The Morgan fingerprint density at radius 2 is 2.11 bits per heavy atom. The van der Waals surface area contributed by atoms with Gasteiger partial charge in [0.05, 0.1) is 18.2 Å². The fourth-order valence-electron chi connectivity index (χ4n) is 1.35. The topological polar surface area (TPSA) is 102 Å². The van der Waals surface area contributed by atoms with Crippen LogP contribution in [0.4, 0.5) is 0 Å². The summed E-state index contributed by atoms with van der Waals surface area (Å²) in [6.07, 6.45) is 0.439. The summed E-state index contributed by atoms with van der Waals surface area (Å²) in [6, 6.07) is 2.37. The number of ether oxygens (including phenoxy) is 2. The van der Waals surface area contributed by atoms with E-state index in [4.69, 9.17) is 14.6 Å². The predicted octanol–water partition coefficient (Wildman–Crippen LogP) is 0.331. The number of carbonyl (C=O) groups excluding carboxylic acids is 2. The maximum atomic E-state index is 11.1. The third-order valence-corrected chi connectivity index (χ3v) is 2.30. The molecular formula is C12H13NO6. The summed E-state index contributed by atoms with van der Waals surface area (Å²) in [6.45, 7) is -0.305. The van der Waals surface area contributed by atoms with Crippen LogP contribution < -0.4 is 14.8 Å². The molecule has 0 saturated carbocycles.